The molecule has 1 aromatic carbocycles. The number of aryl methyl sites for hydroxylation is 1. The van der Waals surface area contributed by atoms with Crippen LogP contribution in [0.3, 0.4) is 0 Å². The van der Waals surface area contributed by atoms with Gasteiger partial charge in [0.15, 0.2) is 5.13 Å². The second-order valence-electron chi connectivity index (χ2n) is 4.96. The van der Waals surface area contributed by atoms with E-state index in [2.05, 4.69) is 18.0 Å². The number of piperidine rings is 1. The van der Waals surface area contributed by atoms with Crippen LogP contribution in [0.5, 0.6) is 0 Å². The van der Waals surface area contributed by atoms with Gasteiger partial charge < -0.3 is 4.90 Å². The van der Waals surface area contributed by atoms with E-state index < -0.39 is 5.92 Å². The summed E-state index contributed by atoms with van der Waals surface area (Å²) in [5.74, 6) is -2.50. The van der Waals surface area contributed by atoms with Gasteiger partial charge in [-0.25, -0.2) is 13.8 Å². The largest absolute Gasteiger partial charge is 0.348 e. The summed E-state index contributed by atoms with van der Waals surface area (Å²) in [7, 11) is 0. The number of aromatic nitrogens is 1. The van der Waals surface area contributed by atoms with Crippen molar-refractivity contribution in [3.63, 3.8) is 0 Å². The first-order valence-electron chi connectivity index (χ1n) is 6.60. The topological polar surface area (TPSA) is 16.1 Å². The molecule has 0 unspecified atom stereocenters. The van der Waals surface area contributed by atoms with Crippen LogP contribution in [-0.4, -0.2) is 24.0 Å². The van der Waals surface area contributed by atoms with Crippen molar-refractivity contribution in [2.24, 2.45) is 0 Å². The van der Waals surface area contributed by atoms with E-state index in [4.69, 9.17) is 0 Å². The average Bonchev–Trinajstić information content (AvgIpc) is 2.82. The molecule has 0 N–H and O–H groups in total. The molecule has 1 aliphatic heterocycles. The number of nitrogens with zero attached hydrogens (tertiary/aromatic N) is 2. The van der Waals surface area contributed by atoms with Crippen LogP contribution in [0.2, 0.25) is 0 Å². The highest BCUT2D eigenvalue weighted by Gasteiger charge is 2.34. The minimum Gasteiger partial charge on any atom is -0.348 e. The molecule has 0 spiro atoms. The Bertz CT molecular complexity index is 584. The summed E-state index contributed by atoms with van der Waals surface area (Å²) in [5.41, 5.74) is 2.25. The van der Waals surface area contributed by atoms with Gasteiger partial charge in [0.2, 0.25) is 0 Å². The number of fused-ring (bicyclic) bond motifs is 1. The lowest BCUT2D eigenvalue weighted by Crippen LogP contribution is -2.39. The van der Waals surface area contributed by atoms with Gasteiger partial charge in [0.1, 0.15) is 0 Å². The molecule has 1 aliphatic rings. The molecule has 1 fully saturated rings. The smallest absolute Gasteiger partial charge is 0.251 e. The summed E-state index contributed by atoms with van der Waals surface area (Å²) >= 11 is 1.60. The SMILES string of the molecule is CCc1cccc2sc(N3CCC(F)(F)CC3)nc12. The van der Waals surface area contributed by atoms with E-state index in [-0.39, 0.29) is 12.8 Å². The van der Waals surface area contributed by atoms with Crippen LogP contribution in [0.15, 0.2) is 18.2 Å². The van der Waals surface area contributed by atoms with Crippen LogP contribution in [0, 0.1) is 0 Å². The Hall–Kier alpha value is -1.23. The maximum atomic E-state index is 13.2. The standard InChI is InChI=1S/C14H16F2N2S/c1-2-10-4-3-5-11-12(10)17-13(19-11)18-8-6-14(15,16)7-9-18/h3-5H,2,6-9H2,1H3. The molecule has 5 heteroatoms. The molecule has 19 heavy (non-hydrogen) atoms. The molecular formula is C14H16F2N2S. The Morgan fingerprint density at radius 2 is 2.05 bits per heavy atom. The molecule has 3 rings (SSSR count). The second kappa shape index (κ2) is 4.71. The summed E-state index contributed by atoms with van der Waals surface area (Å²) in [6.07, 6.45) is 0.811. The van der Waals surface area contributed by atoms with Crippen molar-refractivity contribution in [1.29, 1.82) is 0 Å². The molecule has 2 nitrogen and oxygen atoms in total. The zero-order valence-corrected chi connectivity index (χ0v) is 11.6. The fourth-order valence-corrected chi connectivity index (χ4v) is 3.50. The van der Waals surface area contributed by atoms with Crippen molar-refractivity contribution in [2.45, 2.75) is 32.1 Å². The number of para-hydroxylation sites is 1. The third-order valence-corrected chi connectivity index (χ3v) is 4.72. The van der Waals surface area contributed by atoms with Crippen LogP contribution in [0.25, 0.3) is 10.2 Å². The molecule has 0 aliphatic carbocycles. The summed E-state index contributed by atoms with van der Waals surface area (Å²) in [4.78, 5) is 6.64. The number of rotatable bonds is 2. The van der Waals surface area contributed by atoms with E-state index >= 15 is 0 Å². The zero-order chi connectivity index (χ0) is 13.5. The van der Waals surface area contributed by atoms with Crippen molar-refractivity contribution in [3.05, 3.63) is 23.8 Å². The molecular weight excluding hydrogens is 266 g/mol. The summed E-state index contributed by atoms with van der Waals surface area (Å²) < 4.78 is 27.5. The molecule has 0 saturated carbocycles. The van der Waals surface area contributed by atoms with Gasteiger partial charge in [-0.05, 0) is 18.1 Å². The van der Waals surface area contributed by atoms with Crippen LogP contribution < -0.4 is 4.90 Å². The highest BCUT2D eigenvalue weighted by atomic mass is 32.1. The molecule has 1 aromatic heterocycles. The number of alkyl halides is 2. The first-order valence-corrected chi connectivity index (χ1v) is 7.42. The highest BCUT2D eigenvalue weighted by Crippen LogP contribution is 2.35. The normalized spacial score (nSPS) is 19.0. The summed E-state index contributed by atoms with van der Waals surface area (Å²) in [6.45, 7) is 2.90. The van der Waals surface area contributed by atoms with E-state index in [1.165, 1.54) is 5.56 Å². The third kappa shape index (κ3) is 2.43. The van der Waals surface area contributed by atoms with Crippen molar-refractivity contribution >= 4 is 26.7 Å². The number of anilines is 1. The molecule has 0 radical (unpaired) electrons. The lowest BCUT2D eigenvalue weighted by molar-refractivity contribution is -0.0220. The molecule has 2 aromatic rings. The minimum atomic E-state index is -2.50. The summed E-state index contributed by atoms with van der Waals surface area (Å²) in [5, 5.41) is 0.881. The molecule has 2 heterocycles. The van der Waals surface area contributed by atoms with Gasteiger partial charge in [-0.3, -0.25) is 0 Å². The first-order chi connectivity index (χ1) is 9.09. The second-order valence-corrected chi connectivity index (χ2v) is 5.97. The van der Waals surface area contributed by atoms with Crippen molar-refractivity contribution < 1.29 is 8.78 Å². The number of hydrogen-bond acceptors (Lipinski definition) is 3. The van der Waals surface area contributed by atoms with Crippen molar-refractivity contribution in [3.8, 4) is 0 Å². The first kappa shape index (κ1) is 12.8. The Labute approximate surface area is 115 Å². The van der Waals surface area contributed by atoms with Gasteiger partial charge in [0, 0.05) is 25.9 Å². The Morgan fingerprint density at radius 1 is 1.32 bits per heavy atom. The quantitative estimate of drug-likeness (QED) is 0.824. The molecule has 0 bridgehead atoms. The number of benzene rings is 1. The van der Waals surface area contributed by atoms with E-state index in [1.807, 2.05) is 17.0 Å². The molecule has 0 atom stereocenters. The average molecular weight is 282 g/mol. The van der Waals surface area contributed by atoms with Crippen molar-refractivity contribution in [2.75, 3.05) is 18.0 Å². The van der Waals surface area contributed by atoms with Gasteiger partial charge in [0.05, 0.1) is 10.2 Å². The van der Waals surface area contributed by atoms with Gasteiger partial charge in [-0.1, -0.05) is 30.4 Å². The maximum absolute atomic E-state index is 13.2. The van der Waals surface area contributed by atoms with E-state index in [0.29, 0.717) is 13.1 Å². The zero-order valence-electron chi connectivity index (χ0n) is 10.8. The fraction of sp³-hybridized carbons (Fsp3) is 0.500. The minimum absolute atomic E-state index is 0.0659. The number of hydrogen-bond donors (Lipinski definition) is 0. The summed E-state index contributed by atoms with van der Waals surface area (Å²) in [6, 6.07) is 6.16. The monoisotopic (exact) mass is 282 g/mol. The molecule has 1 saturated heterocycles. The predicted molar refractivity (Wildman–Crippen MR) is 75.4 cm³/mol. The van der Waals surface area contributed by atoms with Gasteiger partial charge >= 0.3 is 0 Å². The lowest BCUT2D eigenvalue weighted by atomic mass is 10.1. The Balaban J connectivity index is 1.90. The lowest BCUT2D eigenvalue weighted by Gasteiger charge is -2.31. The van der Waals surface area contributed by atoms with E-state index in [1.54, 1.807) is 11.3 Å². The van der Waals surface area contributed by atoms with E-state index in [9.17, 15) is 8.78 Å². The van der Waals surface area contributed by atoms with Crippen LogP contribution >= 0.6 is 11.3 Å². The number of halogens is 2. The predicted octanol–water partition coefficient (Wildman–Crippen LogP) is 4.09. The highest BCUT2D eigenvalue weighted by molar-refractivity contribution is 7.22. The Kier molecular flexibility index (Phi) is 3.17. The van der Waals surface area contributed by atoms with Gasteiger partial charge in [-0.15, -0.1) is 0 Å². The van der Waals surface area contributed by atoms with Crippen LogP contribution in [0.1, 0.15) is 25.3 Å². The van der Waals surface area contributed by atoms with Crippen LogP contribution in [0.4, 0.5) is 13.9 Å². The molecule has 102 valence electrons. The number of thiazole rings is 1. The van der Waals surface area contributed by atoms with Crippen molar-refractivity contribution in [1.82, 2.24) is 4.98 Å². The van der Waals surface area contributed by atoms with Crippen LogP contribution in [-0.2, 0) is 6.42 Å². The maximum Gasteiger partial charge on any atom is 0.251 e. The third-order valence-electron chi connectivity index (χ3n) is 3.64. The Morgan fingerprint density at radius 3 is 2.74 bits per heavy atom. The van der Waals surface area contributed by atoms with Gasteiger partial charge in [-0.2, -0.15) is 0 Å². The van der Waals surface area contributed by atoms with Gasteiger partial charge in [0.25, 0.3) is 5.92 Å². The van der Waals surface area contributed by atoms with E-state index in [0.717, 1.165) is 21.8 Å². The molecule has 0 amide bonds. The fourth-order valence-electron chi connectivity index (χ4n) is 2.44.